The smallest absolute Gasteiger partial charge is 0.338 e. The van der Waals surface area contributed by atoms with Crippen LogP contribution in [0.15, 0.2) is 83.2 Å². The molecule has 0 aliphatic heterocycles. The number of carbonyl (C=O) groups excluding carboxylic acids is 1. The Morgan fingerprint density at radius 1 is 1.03 bits per heavy atom. The molecule has 0 saturated carbocycles. The van der Waals surface area contributed by atoms with E-state index < -0.39 is 0 Å². The van der Waals surface area contributed by atoms with Gasteiger partial charge in [-0.05, 0) is 46.5 Å². The number of nitrogens with zero attached hydrogens (tertiary/aromatic N) is 2. The van der Waals surface area contributed by atoms with E-state index in [4.69, 9.17) is 4.74 Å². The zero-order valence-corrected chi connectivity index (χ0v) is 19.0. The molecule has 5 rings (SSSR count). The Bertz CT molecular complexity index is 1520. The molecular weight excluding hydrogens is 432 g/mol. The minimum atomic E-state index is -0.332. The molecule has 0 atom stereocenters. The normalized spacial score (nSPS) is 11.2. The molecule has 0 N–H and O–H groups in total. The number of hydrogen-bond acceptors (Lipinski definition) is 5. The van der Waals surface area contributed by atoms with Crippen LogP contribution in [-0.2, 0) is 11.3 Å². The first-order valence-electron chi connectivity index (χ1n) is 10.9. The van der Waals surface area contributed by atoms with Gasteiger partial charge in [-0.2, -0.15) is 0 Å². The molecule has 6 heteroatoms. The first-order valence-corrected chi connectivity index (χ1v) is 11.7. The van der Waals surface area contributed by atoms with Crippen molar-refractivity contribution >= 4 is 38.3 Å². The summed E-state index contributed by atoms with van der Waals surface area (Å²) in [5, 5.41) is 4.94. The van der Waals surface area contributed by atoms with Crippen LogP contribution in [0, 0.1) is 0 Å². The number of benzene rings is 3. The molecule has 0 bridgehead atoms. The van der Waals surface area contributed by atoms with E-state index in [0.717, 1.165) is 33.3 Å². The van der Waals surface area contributed by atoms with Crippen LogP contribution >= 0.6 is 11.3 Å². The highest BCUT2D eigenvalue weighted by atomic mass is 32.1. The summed E-state index contributed by atoms with van der Waals surface area (Å²) < 4.78 is 6.79. The van der Waals surface area contributed by atoms with Crippen molar-refractivity contribution in [3.05, 3.63) is 99.9 Å². The fraction of sp³-hybridized carbons (Fsp3) is 0.148. The molecule has 2 aromatic heterocycles. The highest BCUT2D eigenvalue weighted by molar-refractivity contribution is 7.17. The molecule has 33 heavy (non-hydrogen) atoms. The van der Waals surface area contributed by atoms with Crippen molar-refractivity contribution in [2.45, 2.75) is 19.9 Å². The molecular formula is C27H22N2O3S. The third kappa shape index (κ3) is 4.17. The minimum Gasteiger partial charge on any atom is -0.462 e. The average Bonchev–Trinajstić information content (AvgIpc) is 3.29. The van der Waals surface area contributed by atoms with Crippen LogP contribution < -0.4 is 5.56 Å². The van der Waals surface area contributed by atoms with Crippen LogP contribution in [0.3, 0.4) is 0 Å². The molecule has 0 fully saturated rings. The number of carbonyl (C=O) groups is 1. The lowest BCUT2D eigenvalue weighted by Gasteiger charge is -2.08. The number of thiophene rings is 1. The number of rotatable bonds is 6. The zero-order chi connectivity index (χ0) is 22.8. The molecule has 0 amide bonds. The number of hydrogen-bond donors (Lipinski definition) is 0. The van der Waals surface area contributed by atoms with Crippen molar-refractivity contribution in [2.75, 3.05) is 6.61 Å². The van der Waals surface area contributed by atoms with Crippen molar-refractivity contribution < 1.29 is 9.53 Å². The standard InChI is InChI=1S/C27H22N2O3S/c1-2-13-32-27(31)20-9-7-18(8-10-20)15-29-17-28-25-24(26(29)30)23(16-33-25)22-12-11-19-5-3-4-6-21(19)14-22/h3-12,14,16-17H,2,13,15H2,1H3. The van der Waals surface area contributed by atoms with Gasteiger partial charge in [0.05, 0.1) is 30.4 Å². The van der Waals surface area contributed by atoms with Crippen molar-refractivity contribution in [3.63, 3.8) is 0 Å². The lowest BCUT2D eigenvalue weighted by atomic mass is 10.0. The summed E-state index contributed by atoms with van der Waals surface area (Å²) in [7, 11) is 0. The first-order chi connectivity index (χ1) is 16.1. The largest absolute Gasteiger partial charge is 0.462 e. The molecule has 0 saturated heterocycles. The Hall–Kier alpha value is -3.77. The van der Waals surface area contributed by atoms with E-state index in [1.165, 1.54) is 16.7 Å². The fourth-order valence-corrected chi connectivity index (χ4v) is 4.78. The summed E-state index contributed by atoms with van der Waals surface area (Å²) >= 11 is 1.48. The van der Waals surface area contributed by atoms with Crippen LogP contribution in [0.25, 0.3) is 32.1 Å². The third-order valence-electron chi connectivity index (χ3n) is 5.60. The maximum atomic E-state index is 13.4. The Balaban J connectivity index is 1.47. The third-order valence-corrected chi connectivity index (χ3v) is 6.49. The first kappa shape index (κ1) is 21.1. The zero-order valence-electron chi connectivity index (χ0n) is 18.2. The van der Waals surface area contributed by atoms with Gasteiger partial charge in [0, 0.05) is 10.9 Å². The molecule has 2 heterocycles. The van der Waals surface area contributed by atoms with Gasteiger partial charge in [-0.15, -0.1) is 11.3 Å². The second kappa shape index (κ2) is 9.00. The van der Waals surface area contributed by atoms with Crippen molar-refractivity contribution in [3.8, 4) is 11.1 Å². The monoisotopic (exact) mass is 454 g/mol. The van der Waals surface area contributed by atoms with E-state index in [9.17, 15) is 9.59 Å². The highest BCUT2D eigenvalue weighted by Crippen LogP contribution is 2.32. The van der Waals surface area contributed by atoms with Gasteiger partial charge in [-0.1, -0.05) is 55.5 Å². The second-order valence-corrected chi connectivity index (χ2v) is 8.76. The van der Waals surface area contributed by atoms with E-state index in [0.29, 0.717) is 24.1 Å². The van der Waals surface area contributed by atoms with Crippen molar-refractivity contribution in [1.82, 2.24) is 9.55 Å². The molecule has 0 spiro atoms. The van der Waals surface area contributed by atoms with Crippen LogP contribution in [0.5, 0.6) is 0 Å². The summed E-state index contributed by atoms with van der Waals surface area (Å²) in [5.41, 5.74) is 3.25. The minimum absolute atomic E-state index is 0.0733. The van der Waals surface area contributed by atoms with Gasteiger partial charge in [-0.3, -0.25) is 9.36 Å². The average molecular weight is 455 g/mol. The molecule has 164 valence electrons. The summed E-state index contributed by atoms with van der Waals surface area (Å²) in [4.78, 5) is 30.7. The Labute approximate surface area is 194 Å². The maximum Gasteiger partial charge on any atom is 0.338 e. The fourth-order valence-electron chi connectivity index (χ4n) is 3.87. The summed E-state index contributed by atoms with van der Waals surface area (Å²) in [6.07, 6.45) is 2.38. The van der Waals surface area contributed by atoms with E-state index in [1.54, 1.807) is 23.0 Å². The van der Waals surface area contributed by atoms with Gasteiger partial charge in [0.1, 0.15) is 4.83 Å². The number of ether oxygens (including phenoxy) is 1. The van der Waals surface area contributed by atoms with Crippen LogP contribution in [0.2, 0.25) is 0 Å². The lowest BCUT2D eigenvalue weighted by Crippen LogP contribution is -2.21. The quantitative estimate of drug-likeness (QED) is 0.300. The Kier molecular flexibility index (Phi) is 5.75. The van der Waals surface area contributed by atoms with Gasteiger partial charge in [0.2, 0.25) is 0 Å². The van der Waals surface area contributed by atoms with Gasteiger partial charge >= 0.3 is 5.97 Å². The van der Waals surface area contributed by atoms with E-state index in [1.807, 2.05) is 36.6 Å². The predicted molar refractivity (Wildman–Crippen MR) is 133 cm³/mol. The summed E-state index contributed by atoms with van der Waals surface area (Å²) in [6, 6.07) is 21.6. The topological polar surface area (TPSA) is 61.2 Å². The molecule has 0 radical (unpaired) electrons. The Morgan fingerprint density at radius 2 is 1.82 bits per heavy atom. The van der Waals surface area contributed by atoms with Crippen molar-refractivity contribution in [1.29, 1.82) is 0 Å². The van der Waals surface area contributed by atoms with Gasteiger partial charge < -0.3 is 4.74 Å². The van der Waals surface area contributed by atoms with E-state index >= 15 is 0 Å². The highest BCUT2D eigenvalue weighted by Gasteiger charge is 2.14. The molecule has 0 aliphatic carbocycles. The molecule has 0 aliphatic rings. The van der Waals surface area contributed by atoms with Crippen LogP contribution in [0.4, 0.5) is 0 Å². The number of fused-ring (bicyclic) bond motifs is 2. The number of aromatic nitrogens is 2. The Morgan fingerprint density at radius 3 is 2.61 bits per heavy atom. The molecule has 3 aromatic carbocycles. The van der Waals surface area contributed by atoms with Crippen molar-refractivity contribution in [2.24, 2.45) is 0 Å². The molecule has 0 unspecified atom stereocenters. The molecule has 5 nitrogen and oxygen atoms in total. The van der Waals surface area contributed by atoms with E-state index in [-0.39, 0.29) is 11.5 Å². The predicted octanol–water partition coefficient (Wildman–Crippen LogP) is 5.89. The van der Waals surface area contributed by atoms with Gasteiger partial charge in [-0.25, -0.2) is 9.78 Å². The lowest BCUT2D eigenvalue weighted by molar-refractivity contribution is 0.0505. The summed E-state index contributed by atoms with van der Waals surface area (Å²) in [5.74, 6) is -0.332. The SMILES string of the molecule is CCCOC(=O)c1ccc(Cn2cnc3scc(-c4ccc5ccccc5c4)c3c2=O)cc1. The molecule has 5 aromatic rings. The second-order valence-electron chi connectivity index (χ2n) is 7.90. The summed E-state index contributed by atoms with van der Waals surface area (Å²) in [6.45, 7) is 2.73. The maximum absolute atomic E-state index is 13.4. The van der Waals surface area contributed by atoms with Crippen LogP contribution in [-0.4, -0.2) is 22.1 Å². The van der Waals surface area contributed by atoms with Gasteiger partial charge in [0.25, 0.3) is 5.56 Å². The van der Waals surface area contributed by atoms with E-state index in [2.05, 4.69) is 35.3 Å². The van der Waals surface area contributed by atoms with Gasteiger partial charge in [0.15, 0.2) is 0 Å². The number of esters is 1. The van der Waals surface area contributed by atoms with Crippen LogP contribution in [0.1, 0.15) is 29.3 Å².